The lowest BCUT2D eigenvalue weighted by Crippen LogP contribution is -2.49. The molecule has 3 atom stereocenters. The average Bonchev–Trinajstić information content (AvgIpc) is 3.49. The number of hydrogen-bond acceptors (Lipinski definition) is 6. The van der Waals surface area contributed by atoms with E-state index in [1.807, 2.05) is 35.2 Å². The molecule has 9 nitrogen and oxygen atoms in total. The van der Waals surface area contributed by atoms with Gasteiger partial charge in [-0.2, -0.15) is 4.52 Å². The number of rotatable bonds is 2. The third kappa shape index (κ3) is 2.21. The lowest BCUT2D eigenvalue weighted by Gasteiger charge is -2.31. The van der Waals surface area contributed by atoms with Crippen molar-refractivity contribution in [2.24, 2.45) is 0 Å². The van der Waals surface area contributed by atoms with Crippen LogP contribution in [-0.2, 0) is 9.53 Å². The van der Waals surface area contributed by atoms with Crippen molar-refractivity contribution in [3.05, 3.63) is 59.8 Å². The van der Waals surface area contributed by atoms with E-state index in [4.69, 9.17) is 4.74 Å². The Hall–Kier alpha value is -3.33. The van der Waals surface area contributed by atoms with Gasteiger partial charge >= 0.3 is 0 Å². The molecule has 9 heteroatoms. The Labute approximate surface area is 165 Å². The number of hydrogen-bond donors (Lipinski definition) is 0. The first-order valence-corrected chi connectivity index (χ1v) is 9.69. The summed E-state index contributed by atoms with van der Waals surface area (Å²) in [5, 5.41) is 11.5. The molecule has 0 bridgehead atoms. The van der Waals surface area contributed by atoms with E-state index < -0.39 is 5.72 Å². The van der Waals surface area contributed by atoms with Crippen LogP contribution < -0.4 is 0 Å². The number of pyridine rings is 1. The van der Waals surface area contributed by atoms with Gasteiger partial charge in [-0.1, -0.05) is 36.4 Å². The first-order valence-electron chi connectivity index (χ1n) is 9.69. The molecule has 3 aliphatic rings. The number of nitrogens with zero attached hydrogens (tertiary/aromatic N) is 6. The summed E-state index contributed by atoms with van der Waals surface area (Å²) in [4.78, 5) is 29.7. The van der Waals surface area contributed by atoms with Gasteiger partial charge in [0.15, 0.2) is 11.4 Å². The fourth-order valence-electron chi connectivity index (χ4n) is 4.98. The monoisotopic (exact) mass is 390 g/mol. The maximum Gasteiger partial charge on any atom is 0.273 e. The summed E-state index contributed by atoms with van der Waals surface area (Å²) < 4.78 is 7.94. The Morgan fingerprint density at radius 2 is 2.00 bits per heavy atom. The van der Waals surface area contributed by atoms with Crippen molar-refractivity contribution in [2.45, 2.75) is 30.7 Å². The SMILES string of the molecule is O=C(c1cccc2nnnn12)N1CC[C@@]23O[C@H](c4ccccc4)CN2C(=O)C[C@@H]13. The number of benzene rings is 1. The number of amides is 2. The largest absolute Gasteiger partial charge is 0.343 e. The zero-order valence-electron chi connectivity index (χ0n) is 15.5. The van der Waals surface area contributed by atoms with Crippen molar-refractivity contribution in [1.82, 2.24) is 29.8 Å². The summed E-state index contributed by atoms with van der Waals surface area (Å²) in [6.07, 6.45) is 0.698. The molecule has 2 amide bonds. The van der Waals surface area contributed by atoms with Crippen molar-refractivity contribution < 1.29 is 14.3 Å². The predicted molar refractivity (Wildman–Crippen MR) is 99.6 cm³/mol. The molecule has 3 fully saturated rings. The molecule has 0 saturated carbocycles. The van der Waals surface area contributed by atoms with E-state index >= 15 is 0 Å². The lowest BCUT2D eigenvalue weighted by molar-refractivity contribution is -0.138. The summed E-state index contributed by atoms with van der Waals surface area (Å²) >= 11 is 0. The van der Waals surface area contributed by atoms with E-state index in [0.717, 1.165) is 5.56 Å². The number of carbonyl (C=O) groups is 2. The maximum absolute atomic E-state index is 13.4. The van der Waals surface area contributed by atoms with Crippen LogP contribution in [0.3, 0.4) is 0 Å². The van der Waals surface area contributed by atoms with Crippen LogP contribution in [0.25, 0.3) is 5.65 Å². The summed E-state index contributed by atoms with van der Waals surface area (Å²) in [5.74, 6) is -0.155. The number of likely N-dealkylation sites (tertiary alicyclic amines) is 1. The first-order chi connectivity index (χ1) is 14.2. The molecule has 29 heavy (non-hydrogen) atoms. The van der Waals surface area contributed by atoms with Crippen LogP contribution >= 0.6 is 0 Å². The van der Waals surface area contributed by atoms with Crippen LogP contribution in [0.2, 0.25) is 0 Å². The first kappa shape index (κ1) is 16.6. The zero-order valence-corrected chi connectivity index (χ0v) is 15.5. The molecule has 1 aromatic carbocycles. The Balaban J connectivity index is 1.34. The summed E-state index contributed by atoms with van der Waals surface area (Å²) in [7, 11) is 0. The van der Waals surface area contributed by atoms with E-state index in [0.29, 0.717) is 30.9 Å². The molecule has 0 N–H and O–H groups in total. The van der Waals surface area contributed by atoms with Gasteiger partial charge in [0.1, 0.15) is 11.8 Å². The van der Waals surface area contributed by atoms with Crippen molar-refractivity contribution >= 4 is 17.5 Å². The highest BCUT2D eigenvalue weighted by Gasteiger charge is 2.65. The molecule has 0 radical (unpaired) electrons. The van der Waals surface area contributed by atoms with Gasteiger partial charge in [0.2, 0.25) is 5.91 Å². The van der Waals surface area contributed by atoms with Crippen LogP contribution in [0.4, 0.5) is 0 Å². The van der Waals surface area contributed by atoms with Gasteiger partial charge in [-0.3, -0.25) is 9.59 Å². The van der Waals surface area contributed by atoms with Gasteiger partial charge in [0.05, 0.1) is 19.0 Å². The molecule has 0 unspecified atom stereocenters. The van der Waals surface area contributed by atoms with Crippen molar-refractivity contribution in [1.29, 1.82) is 0 Å². The van der Waals surface area contributed by atoms with Gasteiger partial charge in [-0.15, -0.1) is 5.10 Å². The Morgan fingerprint density at radius 3 is 2.86 bits per heavy atom. The number of ether oxygens (including phenoxy) is 1. The quantitative estimate of drug-likeness (QED) is 0.649. The Bertz CT molecular complexity index is 1130. The number of fused-ring (bicyclic) bond motifs is 1. The van der Waals surface area contributed by atoms with Crippen molar-refractivity contribution in [2.75, 3.05) is 13.1 Å². The van der Waals surface area contributed by atoms with Crippen LogP contribution in [-0.4, -0.2) is 66.5 Å². The van der Waals surface area contributed by atoms with Crippen molar-refractivity contribution in [3.63, 3.8) is 0 Å². The van der Waals surface area contributed by atoms with E-state index in [-0.39, 0.29) is 30.4 Å². The van der Waals surface area contributed by atoms with Crippen LogP contribution in [0.5, 0.6) is 0 Å². The maximum atomic E-state index is 13.4. The lowest BCUT2D eigenvalue weighted by atomic mass is 10.1. The molecular weight excluding hydrogens is 372 g/mol. The molecule has 3 saturated heterocycles. The smallest absolute Gasteiger partial charge is 0.273 e. The van der Waals surface area contributed by atoms with Gasteiger partial charge < -0.3 is 14.5 Å². The van der Waals surface area contributed by atoms with E-state index in [2.05, 4.69) is 15.5 Å². The average molecular weight is 390 g/mol. The second-order valence-electron chi connectivity index (χ2n) is 7.69. The molecule has 3 aliphatic heterocycles. The fourth-order valence-corrected chi connectivity index (χ4v) is 4.98. The number of aromatic nitrogens is 4. The van der Waals surface area contributed by atoms with Crippen LogP contribution in [0.15, 0.2) is 48.5 Å². The summed E-state index contributed by atoms with van der Waals surface area (Å²) in [6, 6.07) is 14.8. The van der Waals surface area contributed by atoms with E-state index in [1.54, 1.807) is 23.1 Å². The number of carbonyl (C=O) groups excluding carboxylic acids is 2. The molecular formula is C20H18N6O3. The molecule has 146 valence electrons. The minimum absolute atomic E-state index is 0.0339. The number of tetrazole rings is 1. The highest BCUT2D eigenvalue weighted by molar-refractivity contribution is 5.95. The fraction of sp³-hybridized carbons (Fsp3) is 0.350. The van der Waals surface area contributed by atoms with E-state index in [1.165, 1.54) is 4.52 Å². The molecule has 2 aromatic heterocycles. The second kappa shape index (κ2) is 5.84. The molecule has 0 aliphatic carbocycles. The molecule has 3 aromatic rings. The minimum atomic E-state index is -0.748. The predicted octanol–water partition coefficient (Wildman–Crippen LogP) is 1.04. The third-order valence-corrected chi connectivity index (χ3v) is 6.30. The highest BCUT2D eigenvalue weighted by Crippen LogP contribution is 2.50. The minimum Gasteiger partial charge on any atom is -0.343 e. The van der Waals surface area contributed by atoms with Crippen molar-refractivity contribution in [3.8, 4) is 0 Å². The molecule has 5 heterocycles. The third-order valence-electron chi connectivity index (χ3n) is 6.30. The van der Waals surface area contributed by atoms with Crippen LogP contribution in [0.1, 0.15) is 35.0 Å². The van der Waals surface area contributed by atoms with Crippen LogP contribution in [0, 0.1) is 0 Å². The summed E-state index contributed by atoms with van der Waals surface area (Å²) in [5.41, 5.74) is 1.19. The highest BCUT2D eigenvalue weighted by atomic mass is 16.5. The van der Waals surface area contributed by atoms with Gasteiger partial charge in [-0.25, -0.2) is 0 Å². The van der Waals surface area contributed by atoms with Gasteiger partial charge in [0, 0.05) is 13.0 Å². The van der Waals surface area contributed by atoms with Gasteiger partial charge in [0.25, 0.3) is 5.91 Å². The van der Waals surface area contributed by atoms with E-state index in [9.17, 15) is 9.59 Å². The Kier molecular flexibility index (Phi) is 3.34. The topological polar surface area (TPSA) is 92.9 Å². The van der Waals surface area contributed by atoms with Gasteiger partial charge in [-0.05, 0) is 28.1 Å². The second-order valence-corrected chi connectivity index (χ2v) is 7.69. The molecule has 6 rings (SSSR count). The normalized spacial score (nSPS) is 28.2. The zero-order chi connectivity index (χ0) is 19.6. The standard InChI is InChI=1S/C20H18N6O3/c27-18-11-16-20(25(18)12-15(29-20)13-5-2-1-3-6-13)9-10-24(16)19(28)14-7-4-8-17-21-22-23-26(14)17/h1-8,15-16H,9-12H2/t15-,16+,20-/m0/s1. The summed E-state index contributed by atoms with van der Waals surface area (Å²) in [6.45, 7) is 1.04. The Morgan fingerprint density at radius 1 is 1.14 bits per heavy atom. The molecule has 1 spiro atoms.